The number of carbonyl (C=O) groups excluding carboxylic acids is 2. The molecule has 1 aromatic carbocycles. The minimum Gasteiger partial charge on any atom is -0.368 e. The zero-order valence-electron chi connectivity index (χ0n) is 13.9. The summed E-state index contributed by atoms with van der Waals surface area (Å²) in [7, 11) is 1.60. The molecule has 0 unspecified atom stereocenters. The largest absolute Gasteiger partial charge is 0.368 e. The molecule has 126 valence electrons. The normalized spacial score (nSPS) is 20.8. The zero-order valence-corrected chi connectivity index (χ0v) is 13.9. The third-order valence-electron chi connectivity index (χ3n) is 4.37. The number of hydrogen-bond acceptors (Lipinski definition) is 3. The molecule has 2 N–H and O–H groups in total. The second-order valence-electron chi connectivity index (χ2n) is 6.17. The van der Waals surface area contributed by atoms with Crippen molar-refractivity contribution in [3.63, 3.8) is 0 Å². The van der Waals surface area contributed by atoms with Crippen molar-refractivity contribution in [2.45, 2.75) is 45.3 Å². The first kappa shape index (κ1) is 17.5. The first-order valence-corrected chi connectivity index (χ1v) is 8.29. The summed E-state index contributed by atoms with van der Waals surface area (Å²) >= 11 is 0. The minimum absolute atomic E-state index is 0.101. The van der Waals surface area contributed by atoms with Gasteiger partial charge in [-0.15, -0.1) is 0 Å². The highest BCUT2D eigenvalue weighted by molar-refractivity contribution is 5.94. The Morgan fingerprint density at radius 2 is 2.04 bits per heavy atom. The molecule has 5 heteroatoms. The van der Waals surface area contributed by atoms with Gasteiger partial charge in [-0.25, -0.2) is 0 Å². The first-order chi connectivity index (χ1) is 11.1. The van der Waals surface area contributed by atoms with Gasteiger partial charge in [-0.05, 0) is 36.5 Å². The van der Waals surface area contributed by atoms with E-state index in [1.807, 2.05) is 12.1 Å². The van der Waals surface area contributed by atoms with Crippen LogP contribution in [0.15, 0.2) is 24.3 Å². The Morgan fingerprint density at radius 1 is 1.26 bits per heavy atom. The second kappa shape index (κ2) is 8.67. The van der Waals surface area contributed by atoms with Gasteiger partial charge in [0, 0.05) is 19.2 Å². The van der Waals surface area contributed by atoms with Crippen LogP contribution in [0.1, 0.15) is 48.5 Å². The molecular weight excluding hydrogens is 292 g/mol. The predicted octanol–water partition coefficient (Wildman–Crippen LogP) is 2.26. The third kappa shape index (κ3) is 5.36. The van der Waals surface area contributed by atoms with Crippen LogP contribution in [0, 0.1) is 5.92 Å². The molecule has 1 aliphatic carbocycles. The van der Waals surface area contributed by atoms with Crippen LogP contribution < -0.4 is 10.6 Å². The molecule has 1 saturated carbocycles. The van der Waals surface area contributed by atoms with Gasteiger partial charge in [-0.1, -0.05) is 31.9 Å². The van der Waals surface area contributed by atoms with Gasteiger partial charge < -0.3 is 15.4 Å². The van der Waals surface area contributed by atoms with Gasteiger partial charge in [0.25, 0.3) is 5.91 Å². The SMILES string of the molecule is CNC(=O)c1cccc(CNC(=O)CO[C@@H]2CCCC[C@H]2C)c1. The van der Waals surface area contributed by atoms with Crippen LogP contribution in [0.25, 0.3) is 0 Å². The smallest absolute Gasteiger partial charge is 0.251 e. The summed E-state index contributed by atoms with van der Waals surface area (Å²) in [4.78, 5) is 23.5. The predicted molar refractivity (Wildman–Crippen MR) is 89.1 cm³/mol. The number of ether oxygens (including phenoxy) is 1. The lowest BCUT2D eigenvalue weighted by atomic mass is 9.88. The van der Waals surface area contributed by atoms with E-state index in [-0.39, 0.29) is 24.5 Å². The molecule has 1 fully saturated rings. The van der Waals surface area contributed by atoms with Gasteiger partial charge in [-0.2, -0.15) is 0 Å². The summed E-state index contributed by atoms with van der Waals surface area (Å²) in [6, 6.07) is 7.23. The fourth-order valence-electron chi connectivity index (χ4n) is 2.93. The van der Waals surface area contributed by atoms with Crippen LogP contribution in [-0.4, -0.2) is 31.6 Å². The van der Waals surface area contributed by atoms with E-state index in [0.29, 0.717) is 18.0 Å². The van der Waals surface area contributed by atoms with E-state index < -0.39 is 0 Å². The highest BCUT2D eigenvalue weighted by Crippen LogP contribution is 2.26. The van der Waals surface area contributed by atoms with E-state index in [0.717, 1.165) is 12.0 Å². The van der Waals surface area contributed by atoms with Crippen molar-refractivity contribution in [2.24, 2.45) is 5.92 Å². The molecule has 0 saturated heterocycles. The molecule has 0 heterocycles. The van der Waals surface area contributed by atoms with E-state index in [1.165, 1.54) is 19.3 Å². The molecule has 1 aliphatic rings. The summed E-state index contributed by atoms with van der Waals surface area (Å²) in [6.07, 6.45) is 4.87. The zero-order chi connectivity index (χ0) is 16.7. The Kier molecular flexibility index (Phi) is 6.59. The summed E-state index contributed by atoms with van der Waals surface area (Å²) < 4.78 is 5.75. The summed E-state index contributed by atoms with van der Waals surface area (Å²) in [5.74, 6) is 0.279. The summed E-state index contributed by atoms with van der Waals surface area (Å²) in [5, 5.41) is 5.43. The van der Waals surface area contributed by atoms with Gasteiger partial charge >= 0.3 is 0 Å². The highest BCUT2D eigenvalue weighted by atomic mass is 16.5. The standard InChI is InChI=1S/C18H26N2O3/c1-13-6-3-4-9-16(13)23-12-17(21)20-11-14-7-5-8-15(10-14)18(22)19-2/h5,7-8,10,13,16H,3-4,6,9,11-12H2,1-2H3,(H,19,22)(H,20,21)/t13-,16-/m1/s1. The number of amides is 2. The van der Waals surface area contributed by atoms with Crippen molar-refractivity contribution >= 4 is 11.8 Å². The van der Waals surface area contributed by atoms with E-state index in [4.69, 9.17) is 4.74 Å². The molecular formula is C18H26N2O3. The van der Waals surface area contributed by atoms with Crippen LogP contribution in [0.4, 0.5) is 0 Å². The molecule has 2 atom stereocenters. The fourth-order valence-corrected chi connectivity index (χ4v) is 2.93. The lowest BCUT2D eigenvalue weighted by Crippen LogP contribution is -2.33. The van der Waals surface area contributed by atoms with Gasteiger partial charge in [-0.3, -0.25) is 9.59 Å². The van der Waals surface area contributed by atoms with Crippen molar-refractivity contribution in [1.29, 1.82) is 0 Å². The molecule has 5 nitrogen and oxygen atoms in total. The lowest BCUT2D eigenvalue weighted by Gasteiger charge is -2.28. The molecule has 2 amide bonds. The van der Waals surface area contributed by atoms with Crippen molar-refractivity contribution in [3.05, 3.63) is 35.4 Å². The van der Waals surface area contributed by atoms with Crippen molar-refractivity contribution in [1.82, 2.24) is 10.6 Å². The quantitative estimate of drug-likeness (QED) is 0.845. The number of benzene rings is 1. The first-order valence-electron chi connectivity index (χ1n) is 8.29. The van der Waals surface area contributed by atoms with E-state index >= 15 is 0 Å². The lowest BCUT2D eigenvalue weighted by molar-refractivity contribution is -0.129. The number of hydrogen-bond donors (Lipinski definition) is 2. The van der Waals surface area contributed by atoms with Crippen LogP contribution in [0.2, 0.25) is 0 Å². The Hall–Kier alpha value is -1.88. The van der Waals surface area contributed by atoms with Crippen LogP contribution in [0.3, 0.4) is 0 Å². The summed E-state index contributed by atoms with van der Waals surface area (Å²) in [6.45, 7) is 2.68. The molecule has 0 aliphatic heterocycles. The minimum atomic E-state index is -0.132. The maximum absolute atomic E-state index is 11.9. The maximum Gasteiger partial charge on any atom is 0.251 e. The molecule has 1 aromatic rings. The molecule has 23 heavy (non-hydrogen) atoms. The van der Waals surface area contributed by atoms with Crippen LogP contribution >= 0.6 is 0 Å². The Labute approximate surface area is 137 Å². The van der Waals surface area contributed by atoms with Crippen molar-refractivity contribution in [3.8, 4) is 0 Å². The average molecular weight is 318 g/mol. The van der Waals surface area contributed by atoms with E-state index in [2.05, 4.69) is 17.6 Å². The van der Waals surface area contributed by atoms with Crippen molar-refractivity contribution < 1.29 is 14.3 Å². The number of carbonyl (C=O) groups is 2. The van der Waals surface area contributed by atoms with Gasteiger partial charge in [0.05, 0.1) is 6.10 Å². The van der Waals surface area contributed by atoms with Crippen LogP contribution in [-0.2, 0) is 16.1 Å². The van der Waals surface area contributed by atoms with Gasteiger partial charge in [0.15, 0.2) is 0 Å². The van der Waals surface area contributed by atoms with Crippen molar-refractivity contribution in [2.75, 3.05) is 13.7 Å². The number of rotatable bonds is 6. The van der Waals surface area contributed by atoms with Gasteiger partial charge in [0.1, 0.15) is 6.61 Å². The maximum atomic E-state index is 11.9. The monoisotopic (exact) mass is 318 g/mol. The Morgan fingerprint density at radius 3 is 2.78 bits per heavy atom. The molecule has 0 radical (unpaired) electrons. The average Bonchev–Trinajstić information content (AvgIpc) is 2.58. The molecule has 0 aromatic heterocycles. The van der Waals surface area contributed by atoms with Gasteiger partial charge in [0.2, 0.25) is 5.91 Å². The third-order valence-corrected chi connectivity index (χ3v) is 4.37. The van der Waals surface area contributed by atoms with Crippen LogP contribution in [0.5, 0.6) is 0 Å². The topological polar surface area (TPSA) is 67.4 Å². The molecule has 0 bridgehead atoms. The Bertz CT molecular complexity index is 545. The van der Waals surface area contributed by atoms with E-state index in [1.54, 1.807) is 19.2 Å². The second-order valence-corrected chi connectivity index (χ2v) is 6.17. The fraction of sp³-hybridized carbons (Fsp3) is 0.556. The summed E-state index contributed by atoms with van der Waals surface area (Å²) in [5.41, 5.74) is 1.48. The molecule has 2 rings (SSSR count). The Balaban J connectivity index is 1.77. The van der Waals surface area contributed by atoms with E-state index in [9.17, 15) is 9.59 Å². The number of nitrogens with one attached hydrogen (secondary N) is 2. The highest BCUT2D eigenvalue weighted by Gasteiger charge is 2.22. The molecule has 0 spiro atoms.